The molecule has 11 nitrogen and oxygen atoms in total. The summed E-state index contributed by atoms with van der Waals surface area (Å²) in [5, 5.41) is 46.5. The van der Waals surface area contributed by atoms with Crippen LogP contribution in [0.2, 0.25) is 0 Å². The number of benzene rings is 2. The first-order chi connectivity index (χ1) is 20.6. The summed E-state index contributed by atoms with van der Waals surface area (Å²) in [6, 6.07) is 9.62. The molecule has 0 bridgehead atoms. The number of likely N-dealkylation sites (N-methyl/N-ethyl adjacent to an activating group) is 1. The van der Waals surface area contributed by atoms with E-state index >= 15 is 0 Å². The number of rotatable bonds is 6. The Balaban J connectivity index is 1.56. The van der Waals surface area contributed by atoms with Crippen molar-refractivity contribution in [2.75, 3.05) is 19.4 Å². The van der Waals surface area contributed by atoms with Crippen molar-refractivity contribution in [2.45, 2.75) is 44.7 Å². The van der Waals surface area contributed by atoms with Crippen LogP contribution in [0.5, 0.6) is 5.75 Å². The molecular weight excluding hydrogens is 564 g/mol. The lowest BCUT2D eigenvalue weighted by Crippen LogP contribution is -2.52. The Labute approximate surface area is 255 Å². The summed E-state index contributed by atoms with van der Waals surface area (Å²) in [5.41, 5.74) is 13.5. The molecule has 1 fully saturated rings. The van der Waals surface area contributed by atoms with E-state index < -0.39 is 41.0 Å². The first kappa shape index (κ1) is 30.8. The van der Waals surface area contributed by atoms with Gasteiger partial charge >= 0.3 is 0 Å². The minimum Gasteiger partial charge on any atom is -0.515 e. The van der Waals surface area contributed by atoms with Crippen molar-refractivity contribution in [1.29, 1.82) is 0 Å². The number of carbonyl (C=O) groups excluding carboxylic acids is 3. The van der Waals surface area contributed by atoms with E-state index in [4.69, 9.17) is 11.5 Å². The summed E-state index contributed by atoms with van der Waals surface area (Å²) in [4.78, 5) is 40.5. The molecule has 2 aromatic carbocycles. The monoisotopic (exact) mass is 602 g/mol. The number of phenols is 1. The number of hydrogen-bond acceptors (Lipinski definition) is 9. The second kappa shape index (κ2) is 11.1. The van der Waals surface area contributed by atoms with Crippen LogP contribution >= 0.6 is 0 Å². The van der Waals surface area contributed by atoms with Gasteiger partial charge in [-0.2, -0.15) is 0 Å². The van der Waals surface area contributed by atoms with Gasteiger partial charge in [-0.25, -0.2) is 0 Å². The van der Waals surface area contributed by atoms with Crippen LogP contribution in [0.15, 0.2) is 65.1 Å². The fourth-order valence-electron chi connectivity index (χ4n) is 7.13. The standard InChI is InChI=1S/C33H38N4O7/c1-33(2,35)13-23(40)36-17-7-5-15(6-8-17)18-9-10-22(39)26-19(18)11-16-12-20-25(29(41)24(16)30(26)42)21(14-38)27(32(34)44)31(43)28(20)37(3)4/h5-10,14,16,20,25,28,38-39,42-43H,11-13,35H2,1-4H3,(H2,34,44)(H,36,40)/b21-14+/t16?,20?,25?,28-/m0/s1. The number of aliphatic hydroxyl groups is 3. The van der Waals surface area contributed by atoms with Crippen LogP contribution in [-0.2, 0) is 20.8 Å². The maximum absolute atomic E-state index is 14.1. The summed E-state index contributed by atoms with van der Waals surface area (Å²) in [6.07, 6.45) is 1.43. The molecule has 5 rings (SSSR count). The SMILES string of the molecule is CN(C)[C@@H]1C(O)=C(C(N)=O)/C(=C/O)C2C(=O)C3=C(O)c4c(O)ccc(-c5ccc(NC(=O)CC(C)(C)N)cc5)c4CC3CC21. The maximum Gasteiger partial charge on any atom is 0.252 e. The normalized spacial score (nSPS) is 24.2. The molecule has 0 spiro atoms. The fourth-order valence-corrected chi connectivity index (χ4v) is 7.13. The Morgan fingerprint density at radius 3 is 2.32 bits per heavy atom. The van der Waals surface area contributed by atoms with Gasteiger partial charge in [-0.05, 0) is 87.5 Å². The lowest BCUT2D eigenvalue weighted by molar-refractivity contribution is -0.123. The Bertz CT molecular complexity index is 1650. The van der Waals surface area contributed by atoms with Gasteiger partial charge in [0.05, 0.1) is 29.4 Å². The third-order valence-corrected chi connectivity index (χ3v) is 8.78. The molecule has 3 aliphatic carbocycles. The number of nitrogens with zero attached hydrogens (tertiary/aromatic N) is 1. The van der Waals surface area contributed by atoms with Gasteiger partial charge in [0.15, 0.2) is 5.78 Å². The maximum atomic E-state index is 14.1. The van der Waals surface area contributed by atoms with Gasteiger partial charge in [-0.15, -0.1) is 0 Å². The average molecular weight is 603 g/mol. The van der Waals surface area contributed by atoms with Crippen LogP contribution in [0, 0.1) is 17.8 Å². The number of primary amides is 1. The molecule has 2 amide bonds. The Morgan fingerprint density at radius 1 is 1.09 bits per heavy atom. The number of anilines is 1. The van der Waals surface area contributed by atoms with Crippen molar-refractivity contribution in [3.05, 3.63) is 76.3 Å². The number of hydrogen-bond donors (Lipinski definition) is 7. The van der Waals surface area contributed by atoms with Gasteiger partial charge in [0.2, 0.25) is 5.91 Å². The van der Waals surface area contributed by atoms with E-state index in [1.807, 2.05) is 12.1 Å². The second-order valence-corrected chi connectivity index (χ2v) is 12.8. The molecule has 4 atom stereocenters. The van der Waals surface area contributed by atoms with Crippen molar-refractivity contribution in [2.24, 2.45) is 29.2 Å². The smallest absolute Gasteiger partial charge is 0.252 e. The number of aromatic hydroxyl groups is 1. The van der Waals surface area contributed by atoms with Crippen molar-refractivity contribution >= 4 is 29.0 Å². The molecule has 0 aliphatic heterocycles. The zero-order valence-electron chi connectivity index (χ0n) is 25.1. The Kier molecular flexibility index (Phi) is 7.81. The molecule has 11 heteroatoms. The molecule has 9 N–H and O–H groups in total. The number of aliphatic hydroxyl groups excluding tert-OH is 3. The number of nitrogens with one attached hydrogen (secondary N) is 1. The van der Waals surface area contributed by atoms with Crippen LogP contribution in [0.4, 0.5) is 5.69 Å². The molecule has 232 valence electrons. The Hall–Kier alpha value is -4.61. The van der Waals surface area contributed by atoms with E-state index in [1.165, 1.54) is 6.07 Å². The fraction of sp³-hybridized carbons (Fsp3) is 0.364. The first-order valence-corrected chi connectivity index (χ1v) is 14.4. The van der Waals surface area contributed by atoms with E-state index in [1.54, 1.807) is 51.0 Å². The van der Waals surface area contributed by atoms with E-state index in [9.17, 15) is 34.8 Å². The largest absolute Gasteiger partial charge is 0.515 e. The quantitative estimate of drug-likeness (QED) is 0.242. The van der Waals surface area contributed by atoms with Crippen LogP contribution in [0.1, 0.15) is 37.8 Å². The van der Waals surface area contributed by atoms with Gasteiger partial charge in [-0.1, -0.05) is 18.2 Å². The highest BCUT2D eigenvalue weighted by Gasteiger charge is 2.54. The molecule has 3 aliphatic rings. The van der Waals surface area contributed by atoms with Gasteiger partial charge in [-0.3, -0.25) is 19.3 Å². The van der Waals surface area contributed by atoms with Gasteiger partial charge in [0.25, 0.3) is 5.91 Å². The third kappa shape index (κ3) is 5.22. The Morgan fingerprint density at radius 2 is 1.75 bits per heavy atom. The predicted molar refractivity (Wildman–Crippen MR) is 165 cm³/mol. The molecule has 0 radical (unpaired) electrons. The van der Waals surface area contributed by atoms with Crippen molar-refractivity contribution in [3.63, 3.8) is 0 Å². The number of amides is 2. The van der Waals surface area contributed by atoms with Crippen molar-refractivity contribution in [3.8, 4) is 16.9 Å². The minimum atomic E-state index is -1.04. The number of phenolic OH excluding ortho intramolecular Hbond substituents is 1. The van der Waals surface area contributed by atoms with Crippen molar-refractivity contribution < 1.29 is 34.8 Å². The number of nitrogens with two attached hydrogens (primary N) is 2. The topological polar surface area (TPSA) is 199 Å². The molecule has 2 aromatic rings. The summed E-state index contributed by atoms with van der Waals surface area (Å²) in [5.74, 6) is -4.61. The summed E-state index contributed by atoms with van der Waals surface area (Å²) < 4.78 is 0. The van der Waals surface area contributed by atoms with Crippen LogP contribution in [0.3, 0.4) is 0 Å². The van der Waals surface area contributed by atoms with Gasteiger partial charge in [0, 0.05) is 28.8 Å². The zero-order valence-corrected chi connectivity index (χ0v) is 25.1. The molecule has 1 saturated carbocycles. The molecular formula is C33H38N4O7. The summed E-state index contributed by atoms with van der Waals surface area (Å²) in [6.45, 7) is 3.54. The van der Waals surface area contributed by atoms with E-state index in [-0.39, 0.29) is 51.9 Å². The summed E-state index contributed by atoms with van der Waals surface area (Å²) in [7, 11) is 3.43. The molecule has 0 saturated heterocycles. The highest BCUT2D eigenvalue weighted by atomic mass is 16.3. The molecule has 0 heterocycles. The lowest BCUT2D eigenvalue weighted by Gasteiger charge is -2.47. The molecule has 0 aromatic heterocycles. The summed E-state index contributed by atoms with van der Waals surface area (Å²) >= 11 is 0. The highest BCUT2D eigenvalue weighted by Crippen LogP contribution is 2.53. The number of ketones is 1. The zero-order chi connectivity index (χ0) is 32.2. The van der Waals surface area contributed by atoms with Crippen LogP contribution in [-0.4, -0.2) is 68.6 Å². The number of fused-ring (bicyclic) bond motifs is 3. The minimum absolute atomic E-state index is 0.0900. The number of carbonyl (C=O) groups is 3. The molecule has 3 unspecified atom stereocenters. The number of allylic oxidation sites excluding steroid dienone is 1. The van der Waals surface area contributed by atoms with Crippen LogP contribution in [0.25, 0.3) is 16.9 Å². The first-order valence-electron chi connectivity index (χ1n) is 14.4. The average Bonchev–Trinajstić information content (AvgIpc) is 2.91. The van der Waals surface area contributed by atoms with E-state index in [0.717, 1.165) is 11.1 Å². The highest BCUT2D eigenvalue weighted by molar-refractivity contribution is 6.10. The van der Waals surface area contributed by atoms with E-state index in [2.05, 4.69) is 5.32 Å². The van der Waals surface area contributed by atoms with Crippen LogP contribution < -0.4 is 16.8 Å². The van der Waals surface area contributed by atoms with Gasteiger partial charge < -0.3 is 37.2 Å². The van der Waals surface area contributed by atoms with Gasteiger partial charge in [0.1, 0.15) is 17.3 Å². The lowest BCUT2D eigenvalue weighted by atomic mass is 9.58. The van der Waals surface area contributed by atoms with Crippen molar-refractivity contribution in [1.82, 2.24) is 4.90 Å². The predicted octanol–water partition coefficient (Wildman–Crippen LogP) is 3.45. The third-order valence-electron chi connectivity index (χ3n) is 8.78. The van der Waals surface area contributed by atoms with E-state index in [0.29, 0.717) is 30.4 Å². The number of Topliss-reactive ketones (excluding diaryl/α,β-unsaturated/α-hetero) is 1. The molecule has 44 heavy (non-hydrogen) atoms. The second-order valence-electron chi connectivity index (χ2n) is 12.8.